The van der Waals surface area contributed by atoms with Crippen molar-refractivity contribution in [1.29, 1.82) is 0 Å². The predicted octanol–water partition coefficient (Wildman–Crippen LogP) is 4.80. The molecule has 0 bridgehead atoms. The Bertz CT molecular complexity index is 955. The van der Waals surface area contributed by atoms with Gasteiger partial charge >= 0.3 is 0 Å². The van der Waals surface area contributed by atoms with E-state index in [2.05, 4.69) is 5.32 Å². The van der Waals surface area contributed by atoms with Gasteiger partial charge in [-0.3, -0.25) is 4.79 Å². The molecule has 162 valence electrons. The van der Waals surface area contributed by atoms with Crippen molar-refractivity contribution in [3.63, 3.8) is 0 Å². The van der Waals surface area contributed by atoms with Gasteiger partial charge in [0.05, 0.1) is 11.8 Å². The van der Waals surface area contributed by atoms with Gasteiger partial charge in [0.1, 0.15) is 0 Å². The molecule has 1 aliphatic rings. The first-order valence-electron chi connectivity index (χ1n) is 10.1. The van der Waals surface area contributed by atoms with Gasteiger partial charge in [0.15, 0.2) is 0 Å². The fourth-order valence-corrected chi connectivity index (χ4v) is 6.05. The molecule has 2 aromatic rings. The van der Waals surface area contributed by atoms with Crippen molar-refractivity contribution in [2.24, 2.45) is 5.92 Å². The molecule has 3 rings (SSSR count). The number of nitrogens with one attached hydrogen (secondary N) is 1. The number of sulfonamides is 1. The minimum Gasteiger partial charge on any atom is -0.349 e. The van der Waals surface area contributed by atoms with E-state index in [0.717, 1.165) is 12.0 Å². The van der Waals surface area contributed by atoms with E-state index in [4.69, 9.17) is 23.2 Å². The van der Waals surface area contributed by atoms with E-state index in [1.54, 1.807) is 18.2 Å². The van der Waals surface area contributed by atoms with Gasteiger partial charge in [-0.05, 0) is 37.0 Å². The number of hydrogen-bond donors (Lipinski definition) is 1. The van der Waals surface area contributed by atoms with Crippen LogP contribution >= 0.6 is 23.2 Å². The summed E-state index contributed by atoms with van der Waals surface area (Å²) in [7, 11) is -3.57. The number of piperidine rings is 1. The second-order valence-corrected chi connectivity index (χ2v) is 10.3. The number of rotatable bonds is 7. The lowest BCUT2D eigenvalue weighted by Gasteiger charge is -2.31. The van der Waals surface area contributed by atoms with Crippen LogP contribution in [0.2, 0.25) is 10.0 Å². The Kier molecular flexibility index (Phi) is 7.80. The van der Waals surface area contributed by atoms with Gasteiger partial charge in [-0.1, -0.05) is 66.5 Å². The van der Waals surface area contributed by atoms with Crippen LogP contribution in [0.4, 0.5) is 0 Å². The molecule has 1 heterocycles. The van der Waals surface area contributed by atoms with Crippen LogP contribution in [0.3, 0.4) is 0 Å². The number of nitrogens with zero attached hydrogens (tertiary/aromatic N) is 1. The number of carbonyl (C=O) groups is 1. The van der Waals surface area contributed by atoms with Gasteiger partial charge in [0.25, 0.3) is 0 Å². The third kappa shape index (κ3) is 5.55. The fourth-order valence-electron chi connectivity index (χ4n) is 3.74. The first-order valence-corrected chi connectivity index (χ1v) is 12.4. The molecular weight excluding hydrogens is 443 g/mol. The molecule has 0 spiro atoms. The maximum Gasteiger partial charge on any atom is 0.223 e. The van der Waals surface area contributed by atoms with E-state index in [-0.39, 0.29) is 23.6 Å². The lowest BCUT2D eigenvalue weighted by atomic mass is 9.96. The smallest absolute Gasteiger partial charge is 0.223 e. The second kappa shape index (κ2) is 10.1. The molecule has 2 aromatic carbocycles. The minimum absolute atomic E-state index is 0.0168. The summed E-state index contributed by atoms with van der Waals surface area (Å²) in [4.78, 5) is 12.8. The van der Waals surface area contributed by atoms with Crippen LogP contribution in [-0.2, 0) is 20.6 Å². The molecule has 5 nitrogen and oxygen atoms in total. The molecule has 0 radical (unpaired) electrons. The molecule has 0 unspecified atom stereocenters. The molecule has 0 aromatic heterocycles. The first kappa shape index (κ1) is 23.1. The van der Waals surface area contributed by atoms with Crippen LogP contribution in [0.1, 0.15) is 43.4 Å². The molecule has 0 saturated carbocycles. The zero-order valence-corrected chi connectivity index (χ0v) is 19.2. The van der Waals surface area contributed by atoms with Crippen molar-refractivity contribution in [1.82, 2.24) is 9.62 Å². The van der Waals surface area contributed by atoms with Crippen LogP contribution in [0.5, 0.6) is 0 Å². The van der Waals surface area contributed by atoms with Crippen LogP contribution < -0.4 is 5.32 Å². The Morgan fingerprint density at radius 2 is 1.67 bits per heavy atom. The number of carbonyl (C=O) groups excluding carboxylic acids is 1. The molecule has 8 heteroatoms. The van der Waals surface area contributed by atoms with Gasteiger partial charge in [-0.2, -0.15) is 0 Å². The average Bonchev–Trinajstić information content (AvgIpc) is 2.75. The van der Waals surface area contributed by atoms with Crippen LogP contribution in [-0.4, -0.2) is 31.7 Å². The highest BCUT2D eigenvalue weighted by Crippen LogP contribution is 2.29. The topological polar surface area (TPSA) is 66.5 Å². The molecule has 1 aliphatic heterocycles. The molecule has 1 saturated heterocycles. The van der Waals surface area contributed by atoms with E-state index in [9.17, 15) is 13.2 Å². The van der Waals surface area contributed by atoms with Crippen molar-refractivity contribution in [2.75, 3.05) is 13.1 Å². The summed E-state index contributed by atoms with van der Waals surface area (Å²) in [6.07, 6.45) is 1.78. The van der Waals surface area contributed by atoms with E-state index in [1.165, 1.54) is 4.31 Å². The predicted molar refractivity (Wildman–Crippen MR) is 121 cm³/mol. The summed E-state index contributed by atoms with van der Waals surface area (Å²) in [6.45, 7) is 2.65. The monoisotopic (exact) mass is 468 g/mol. The maximum absolute atomic E-state index is 12.9. The summed E-state index contributed by atoms with van der Waals surface area (Å²) in [6, 6.07) is 14.8. The summed E-state index contributed by atoms with van der Waals surface area (Å²) < 4.78 is 27.1. The van der Waals surface area contributed by atoms with Gasteiger partial charge in [-0.25, -0.2) is 12.7 Å². The minimum atomic E-state index is -3.57. The quantitative estimate of drug-likeness (QED) is 0.634. The maximum atomic E-state index is 12.9. The van der Waals surface area contributed by atoms with Crippen molar-refractivity contribution in [3.05, 3.63) is 69.7 Å². The highest BCUT2D eigenvalue weighted by atomic mass is 35.5. The van der Waals surface area contributed by atoms with Gasteiger partial charge in [0, 0.05) is 34.6 Å². The zero-order valence-electron chi connectivity index (χ0n) is 16.9. The SMILES string of the molecule is CC[C@H](NC(=O)C1CCN(S(=O)(=O)Cc2c(Cl)cccc2Cl)CC1)c1ccccc1. The van der Waals surface area contributed by atoms with Gasteiger partial charge in [-0.15, -0.1) is 0 Å². The van der Waals surface area contributed by atoms with Crippen LogP contribution in [0.25, 0.3) is 0 Å². The summed E-state index contributed by atoms with van der Waals surface area (Å²) in [5, 5.41) is 3.80. The van der Waals surface area contributed by atoms with E-state index < -0.39 is 10.0 Å². The van der Waals surface area contributed by atoms with Gasteiger partial charge < -0.3 is 5.32 Å². The van der Waals surface area contributed by atoms with Crippen molar-refractivity contribution in [2.45, 2.75) is 38.0 Å². The van der Waals surface area contributed by atoms with Crippen molar-refractivity contribution >= 4 is 39.1 Å². The first-order chi connectivity index (χ1) is 14.3. The number of amides is 1. The molecule has 1 amide bonds. The highest BCUT2D eigenvalue weighted by molar-refractivity contribution is 7.88. The Morgan fingerprint density at radius 3 is 2.23 bits per heavy atom. The van der Waals surface area contributed by atoms with Crippen LogP contribution in [0, 0.1) is 5.92 Å². The second-order valence-electron chi connectivity index (χ2n) is 7.51. The summed E-state index contributed by atoms with van der Waals surface area (Å²) in [5.74, 6) is -0.455. The number of halogens is 2. The Labute approximate surface area is 188 Å². The molecule has 1 fully saturated rings. The molecule has 30 heavy (non-hydrogen) atoms. The zero-order chi connectivity index (χ0) is 21.7. The lowest BCUT2D eigenvalue weighted by molar-refractivity contribution is -0.126. The van der Waals surface area contributed by atoms with Crippen LogP contribution in [0.15, 0.2) is 48.5 Å². The van der Waals surface area contributed by atoms with E-state index in [1.807, 2.05) is 37.3 Å². The third-order valence-corrected chi connectivity index (χ3v) is 8.05. The molecule has 1 N–H and O–H groups in total. The third-order valence-electron chi connectivity index (χ3n) is 5.53. The number of hydrogen-bond acceptors (Lipinski definition) is 3. The molecular formula is C22H26Cl2N2O3S. The normalized spacial score (nSPS) is 16.9. The highest BCUT2D eigenvalue weighted by Gasteiger charge is 2.32. The fraction of sp³-hybridized carbons (Fsp3) is 0.409. The molecule has 0 aliphatic carbocycles. The standard InChI is InChI=1S/C22H26Cl2N2O3S/c1-2-21(16-7-4-3-5-8-16)25-22(27)17-11-13-26(14-12-17)30(28,29)15-18-19(23)9-6-10-20(18)24/h3-10,17,21H,2,11-15H2,1H3,(H,25,27)/t21-/m0/s1. The largest absolute Gasteiger partial charge is 0.349 e. The van der Waals surface area contributed by atoms with Gasteiger partial charge in [0.2, 0.25) is 15.9 Å². The van der Waals surface area contributed by atoms with E-state index in [0.29, 0.717) is 41.5 Å². The van der Waals surface area contributed by atoms with Crippen molar-refractivity contribution < 1.29 is 13.2 Å². The number of benzene rings is 2. The Morgan fingerprint density at radius 1 is 1.07 bits per heavy atom. The lowest BCUT2D eigenvalue weighted by Crippen LogP contribution is -2.44. The summed E-state index contributed by atoms with van der Waals surface area (Å²) >= 11 is 12.3. The average molecular weight is 469 g/mol. The summed E-state index contributed by atoms with van der Waals surface area (Å²) in [5.41, 5.74) is 1.49. The Balaban J connectivity index is 1.59. The molecule has 1 atom stereocenters. The Hall–Kier alpha value is -1.60. The van der Waals surface area contributed by atoms with E-state index >= 15 is 0 Å². The van der Waals surface area contributed by atoms with Crippen molar-refractivity contribution in [3.8, 4) is 0 Å².